The Bertz CT molecular complexity index is 1480. The molecular formula is C29H28Cl3N5O2. The van der Waals surface area contributed by atoms with Gasteiger partial charge in [0.1, 0.15) is 12.4 Å². The number of amides is 3. The third kappa shape index (κ3) is 7.32. The van der Waals surface area contributed by atoms with Crippen molar-refractivity contribution in [3.63, 3.8) is 0 Å². The monoisotopic (exact) mass is 583 g/mol. The summed E-state index contributed by atoms with van der Waals surface area (Å²) in [6.45, 7) is 6.09. The van der Waals surface area contributed by atoms with Gasteiger partial charge in [0.05, 0.1) is 26.4 Å². The third-order valence-corrected chi connectivity index (χ3v) is 6.89. The van der Waals surface area contributed by atoms with Crippen LogP contribution in [0, 0.1) is 0 Å². The van der Waals surface area contributed by atoms with Crippen molar-refractivity contribution >= 4 is 58.2 Å². The summed E-state index contributed by atoms with van der Waals surface area (Å²) in [7, 11) is 0. The number of aromatic nitrogens is 2. The van der Waals surface area contributed by atoms with Gasteiger partial charge in [-0.2, -0.15) is 5.10 Å². The number of benzene rings is 3. The molecule has 1 aromatic heterocycles. The first kappa shape index (κ1) is 28.5. The average molecular weight is 585 g/mol. The van der Waals surface area contributed by atoms with Crippen molar-refractivity contribution < 1.29 is 9.59 Å². The predicted molar refractivity (Wildman–Crippen MR) is 158 cm³/mol. The second kappa shape index (κ2) is 12.1. The number of para-hydroxylation sites is 1. The number of carbonyl (C=O) groups is 2. The summed E-state index contributed by atoms with van der Waals surface area (Å²) >= 11 is 18.6. The van der Waals surface area contributed by atoms with Crippen LogP contribution in [-0.4, -0.2) is 33.2 Å². The highest BCUT2D eigenvalue weighted by molar-refractivity contribution is 6.42. The highest BCUT2D eigenvalue weighted by atomic mass is 35.5. The Morgan fingerprint density at radius 3 is 2.21 bits per heavy atom. The lowest BCUT2D eigenvalue weighted by atomic mass is 9.92. The van der Waals surface area contributed by atoms with Crippen molar-refractivity contribution in [2.75, 3.05) is 17.2 Å². The number of nitrogens with one attached hydrogen (secondary N) is 2. The summed E-state index contributed by atoms with van der Waals surface area (Å²) in [5.74, 6) is 0.0476. The van der Waals surface area contributed by atoms with Crippen molar-refractivity contribution in [3.8, 4) is 5.69 Å². The maximum absolute atomic E-state index is 13.4. The summed E-state index contributed by atoms with van der Waals surface area (Å²) in [6.07, 6.45) is 0. The van der Waals surface area contributed by atoms with E-state index in [0.29, 0.717) is 32.3 Å². The summed E-state index contributed by atoms with van der Waals surface area (Å²) in [5, 5.41) is 11.6. The van der Waals surface area contributed by atoms with E-state index in [2.05, 4.69) is 10.6 Å². The minimum absolute atomic E-state index is 0.207. The number of anilines is 2. The van der Waals surface area contributed by atoms with Crippen LogP contribution in [0.3, 0.4) is 0 Å². The zero-order valence-electron chi connectivity index (χ0n) is 21.7. The zero-order valence-corrected chi connectivity index (χ0v) is 24.0. The maximum Gasteiger partial charge on any atom is 0.322 e. The van der Waals surface area contributed by atoms with Gasteiger partial charge in [-0.05, 0) is 35.9 Å². The molecule has 3 aromatic carbocycles. The molecule has 4 aromatic rings. The van der Waals surface area contributed by atoms with E-state index < -0.39 is 11.9 Å². The maximum atomic E-state index is 13.4. The molecule has 0 radical (unpaired) electrons. The summed E-state index contributed by atoms with van der Waals surface area (Å²) in [5.41, 5.74) is 2.45. The molecule has 0 spiro atoms. The summed E-state index contributed by atoms with van der Waals surface area (Å²) in [4.78, 5) is 28.1. The molecule has 0 saturated heterocycles. The fourth-order valence-electron chi connectivity index (χ4n) is 3.78. The highest BCUT2D eigenvalue weighted by Gasteiger charge is 2.24. The lowest BCUT2D eigenvalue weighted by molar-refractivity contribution is -0.116. The van der Waals surface area contributed by atoms with E-state index in [1.807, 2.05) is 75.4 Å². The molecule has 2 N–H and O–H groups in total. The van der Waals surface area contributed by atoms with Crippen molar-refractivity contribution in [2.24, 2.45) is 0 Å². The molecule has 202 valence electrons. The second-order valence-corrected chi connectivity index (χ2v) is 11.2. The number of hydrogen-bond donors (Lipinski definition) is 2. The Morgan fingerprint density at radius 1 is 0.846 bits per heavy atom. The summed E-state index contributed by atoms with van der Waals surface area (Å²) in [6, 6.07) is 22.8. The van der Waals surface area contributed by atoms with Crippen molar-refractivity contribution in [3.05, 3.63) is 105 Å². The number of carbonyl (C=O) groups excluding carboxylic acids is 2. The Balaban J connectivity index is 1.59. The number of hydrogen-bond acceptors (Lipinski definition) is 3. The molecule has 0 fully saturated rings. The average Bonchev–Trinajstić information content (AvgIpc) is 3.30. The van der Waals surface area contributed by atoms with Gasteiger partial charge < -0.3 is 15.5 Å². The number of rotatable bonds is 7. The van der Waals surface area contributed by atoms with Crippen LogP contribution < -0.4 is 10.6 Å². The SMILES string of the molecule is CC(C)(C)c1cc(NC(=O)CN(Cc2ccccc2)C(=O)Nc2ccc(Cl)c(Cl)c2)n(-c2ccccc2Cl)n1. The van der Waals surface area contributed by atoms with Crippen molar-refractivity contribution in [1.29, 1.82) is 0 Å². The lowest BCUT2D eigenvalue weighted by Crippen LogP contribution is -2.40. The quantitative estimate of drug-likeness (QED) is 0.233. The molecule has 0 aliphatic heterocycles. The molecule has 39 heavy (non-hydrogen) atoms. The Hall–Kier alpha value is -3.52. The van der Waals surface area contributed by atoms with Crippen LogP contribution in [0.25, 0.3) is 5.69 Å². The first-order valence-corrected chi connectivity index (χ1v) is 13.3. The second-order valence-electron chi connectivity index (χ2n) is 9.98. The van der Waals surface area contributed by atoms with E-state index in [0.717, 1.165) is 11.3 Å². The molecule has 0 aliphatic carbocycles. The molecule has 7 nitrogen and oxygen atoms in total. The van der Waals surface area contributed by atoms with Crippen LogP contribution in [0.2, 0.25) is 15.1 Å². The molecule has 0 aliphatic rings. The van der Waals surface area contributed by atoms with E-state index in [9.17, 15) is 9.59 Å². The van der Waals surface area contributed by atoms with Gasteiger partial charge in [-0.1, -0.05) is 98.0 Å². The van der Waals surface area contributed by atoms with E-state index >= 15 is 0 Å². The molecule has 0 atom stereocenters. The summed E-state index contributed by atoms with van der Waals surface area (Å²) < 4.78 is 1.61. The molecule has 3 amide bonds. The van der Waals surface area contributed by atoms with Crippen LogP contribution in [0.5, 0.6) is 0 Å². The fraction of sp³-hybridized carbons (Fsp3) is 0.207. The van der Waals surface area contributed by atoms with E-state index in [1.54, 1.807) is 28.9 Å². The number of nitrogens with zero attached hydrogens (tertiary/aromatic N) is 3. The predicted octanol–water partition coefficient (Wildman–Crippen LogP) is 7.80. The van der Waals surface area contributed by atoms with Gasteiger partial charge in [-0.25, -0.2) is 9.48 Å². The smallest absolute Gasteiger partial charge is 0.311 e. The largest absolute Gasteiger partial charge is 0.322 e. The minimum Gasteiger partial charge on any atom is -0.311 e. The van der Waals surface area contributed by atoms with E-state index in [-0.39, 0.29) is 18.5 Å². The van der Waals surface area contributed by atoms with Gasteiger partial charge in [0.2, 0.25) is 5.91 Å². The normalized spacial score (nSPS) is 11.2. The van der Waals surface area contributed by atoms with Crippen LogP contribution >= 0.6 is 34.8 Å². The van der Waals surface area contributed by atoms with Gasteiger partial charge in [0.25, 0.3) is 0 Å². The topological polar surface area (TPSA) is 79.3 Å². The number of halogens is 3. The molecule has 0 unspecified atom stereocenters. The highest BCUT2D eigenvalue weighted by Crippen LogP contribution is 2.29. The van der Waals surface area contributed by atoms with Crippen molar-refractivity contribution in [2.45, 2.75) is 32.7 Å². The van der Waals surface area contributed by atoms with Crippen molar-refractivity contribution in [1.82, 2.24) is 14.7 Å². The Kier molecular flexibility index (Phi) is 8.85. The van der Waals surface area contributed by atoms with Crippen LogP contribution in [-0.2, 0) is 16.8 Å². The Morgan fingerprint density at radius 2 is 1.54 bits per heavy atom. The molecule has 10 heteroatoms. The standard InChI is InChI=1S/C29H28Cl3N5O2/c1-29(2,3)25-16-26(37(35-25)24-12-8-7-11-22(24)31)34-27(38)18-36(17-19-9-5-4-6-10-19)28(39)33-20-13-14-21(30)23(32)15-20/h4-16H,17-18H2,1-3H3,(H,33,39)(H,34,38). The molecule has 4 rings (SSSR count). The zero-order chi connectivity index (χ0) is 28.2. The minimum atomic E-state index is -0.470. The Labute approximate surface area is 242 Å². The van der Waals surface area contributed by atoms with Crippen LogP contribution in [0.15, 0.2) is 78.9 Å². The first-order valence-electron chi connectivity index (χ1n) is 12.2. The molecule has 0 bridgehead atoms. The van der Waals surface area contributed by atoms with Gasteiger partial charge in [-0.3, -0.25) is 4.79 Å². The molecular weight excluding hydrogens is 557 g/mol. The number of urea groups is 1. The van der Waals surface area contributed by atoms with Gasteiger partial charge >= 0.3 is 6.03 Å². The van der Waals surface area contributed by atoms with Gasteiger partial charge in [0, 0.05) is 23.7 Å². The van der Waals surface area contributed by atoms with E-state index in [4.69, 9.17) is 39.9 Å². The molecule has 0 saturated carbocycles. The van der Waals surface area contributed by atoms with Crippen LogP contribution in [0.4, 0.5) is 16.3 Å². The van der Waals surface area contributed by atoms with Gasteiger partial charge in [0.15, 0.2) is 0 Å². The third-order valence-electron chi connectivity index (χ3n) is 5.83. The van der Waals surface area contributed by atoms with Gasteiger partial charge in [-0.15, -0.1) is 0 Å². The van der Waals surface area contributed by atoms with Crippen LogP contribution in [0.1, 0.15) is 32.0 Å². The van der Waals surface area contributed by atoms with E-state index in [1.165, 1.54) is 4.90 Å². The first-order chi connectivity index (χ1) is 18.5. The molecule has 1 heterocycles. The lowest BCUT2D eigenvalue weighted by Gasteiger charge is -2.23. The fourth-order valence-corrected chi connectivity index (χ4v) is 4.29.